The van der Waals surface area contributed by atoms with Crippen LogP contribution < -0.4 is 29.7 Å². The predicted molar refractivity (Wildman–Crippen MR) is 126 cm³/mol. The molecule has 2 aromatic carbocycles. The number of anilines is 2. The number of para-hydroxylation sites is 2. The minimum atomic E-state index is -0.317. The van der Waals surface area contributed by atoms with E-state index < -0.39 is 0 Å². The van der Waals surface area contributed by atoms with Crippen LogP contribution in [-0.2, 0) is 11.8 Å². The van der Waals surface area contributed by atoms with Gasteiger partial charge in [-0.05, 0) is 48.7 Å². The Morgan fingerprint density at radius 2 is 1.81 bits per heavy atom. The molecule has 1 amide bonds. The number of benzene rings is 2. The van der Waals surface area contributed by atoms with Crippen molar-refractivity contribution in [1.82, 2.24) is 4.57 Å². The van der Waals surface area contributed by atoms with E-state index in [2.05, 4.69) is 22.3 Å². The molecule has 1 saturated heterocycles. The second-order valence-electron chi connectivity index (χ2n) is 7.43. The lowest BCUT2D eigenvalue weighted by molar-refractivity contribution is -0.110. The van der Waals surface area contributed by atoms with E-state index in [9.17, 15) is 9.59 Å². The number of nitrogens with one attached hydrogen (secondary N) is 1. The number of carbonyl (C=O) groups excluding carboxylic acids is 1. The summed E-state index contributed by atoms with van der Waals surface area (Å²) in [5, 5.41) is 2.81. The second-order valence-corrected chi connectivity index (χ2v) is 8.49. The first-order valence-electron chi connectivity index (χ1n) is 10.2. The zero-order valence-corrected chi connectivity index (χ0v) is 18.4. The lowest BCUT2D eigenvalue weighted by Crippen LogP contribution is -2.29. The highest BCUT2D eigenvalue weighted by atomic mass is 32.1. The smallest absolute Gasteiger partial charge is 0.268 e. The molecule has 160 valence electrons. The Labute approximate surface area is 184 Å². The summed E-state index contributed by atoms with van der Waals surface area (Å²) in [5.41, 5.74) is 2.64. The minimum absolute atomic E-state index is 0.120. The van der Waals surface area contributed by atoms with Crippen LogP contribution in [0.2, 0.25) is 0 Å². The SMILES string of the molecule is COc1ccccc1NC(=O)/C=c1\s/c(=C\c2ccc(N3CCCC3)cc2)c(=O)n1C. The molecule has 0 saturated carbocycles. The Hall–Kier alpha value is -3.32. The molecule has 4 rings (SSSR count). The summed E-state index contributed by atoms with van der Waals surface area (Å²) < 4.78 is 7.93. The third-order valence-corrected chi connectivity index (χ3v) is 6.46. The van der Waals surface area contributed by atoms with Gasteiger partial charge in [0.15, 0.2) is 0 Å². The number of methoxy groups -OCH3 is 1. The van der Waals surface area contributed by atoms with Crippen molar-refractivity contribution in [2.45, 2.75) is 12.8 Å². The normalized spacial score (nSPS) is 14.8. The van der Waals surface area contributed by atoms with Crippen LogP contribution in [-0.4, -0.2) is 30.7 Å². The summed E-state index contributed by atoms with van der Waals surface area (Å²) in [6.45, 7) is 2.20. The summed E-state index contributed by atoms with van der Waals surface area (Å²) >= 11 is 1.30. The summed E-state index contributed by atoms with van der Waals surface area (Å²) in [6, 6.07) is 15.5. The summed E-state index contributed by atoms with van der Waals surface area (Å²) in [7, 11) is 3.23. The van der Waals surface area contributed by atoms with Gasteiger partial charge in [0.05, 0.1) is 17.3 Å². The maximum Gasteiger partial charge on any atom is 0.268 e. The van der Waals surface area contributed by atoms with Gasteiger partial charge in [0.25, 0.3) is 11.5 Å². The number of amides is 1. The Morgan fingerprint density at radius 3 is 2.52 bits per heavy atom. The van der Waals surface area contributed by atoms with E-state index in [1.807, 2.05) is 30.3 Å². The number of ether oxygens (including phenoxy) is 1. The average Bonchev–Trinajstić information content (AvgIpc) is 3.40. The number of carbonyl (C=O) groups is 1. The van der Waals surface area contributed by atoms with Crippen molar-refractivity contribution in [3.05, 3.63) is 73.6 Å². The molecule has 1 N–H and O–H groups in total. The monoisotopic (exact) mass is 435 g/mol. The topological polar surface area (TPSA) is 63.6 Å². The Kier molecular flexibility index (Phi) is 6.23. The molecule has 31 heavy (non-hydrogen) atoms. The molecule has 0 unspecified atom stereocenters. The van der Waals surface area contributed by atoms with Gasteiger partial charge in [-0.3, -0.25) is 9.59 Å². The third kappa shape index (κ3) is 4.72. The third-order valence-electron chi connectivity index (χ3n) is 5.34. The second kappa shape index (κ2) is 9.22. The van der Waals surface area contributed by atoms with Gasteiger partial charge in [0.2, 0.25) is 0 Å². The quantitative estimate of drug-likeness (QED) is 0.668. The Morgan fingerprint density at radius 1 is 1.10 bits per heavy atom. The van der Waals surface area contributed by atoms with Crippen LogP contribution in [0.1, 0.15) is 18.4 Å². The van der Waals surface area contributed by atoms with Crippen LogP contribution in [0.4, 0.5) is 11.4 Å². The fourth-order valence-corrected chi connectivity index (χ4v) is 4.67. The van der Waals surface area contributed by atoms with Gasteiger partial charge >= 0.3 is 0 Å². The van der Waals surface area contributed by atoms with Crippen molar-refractivity contribution in [1.29, 1.82) is 0 Å². The lowest BCUT2D eigenvalue weighted by atomic mass is 10.2. The molecule has 0 atom stereocenters. The fraction of sp³-hybridized carbons (Fsp3) is 0.250. The van der Waals surface area contributed by atoms with E-state index in [4.69, 9.17) is 4.74 Å². The van der Waals surface area contributed by atoms with Gasteiger partial charge in [0, 0.05) is 31.9 Å². The van der Waals surface area contributed by atoms with Gasteiger partial charge in [-0.2, -0.15) is 0 Å². The number of rotatable bonds is 5. The van der Waals surface area contributed by atoms with E-state index in [0.29, 0.717) is 20.6 Å². The first-order valence-corrected chi connectivity index (χ1v) is 11.0. The van der Waals surface area contributed by atoms with E-state index >= 15 is 0 Å². The summed E-state index contributed by atoms with van der Waals surface area (Å²) in [4.78, 5) is 27.5. The Balaban J connectivity index is 1.59. The van der Waals surface area contributed by atoms with Crippen LogP contribution in [0, 0.1) is 0 Å². The molecule has 0 radical (unpaired) electrons. The highest BCUT2D eigenvalue weighted by Crippen LogP contribution is 2.23. The van der Waals surface area contributed by atoms with E-state index in [1.165, 1.54) is 40.5 Å². The molecule has 0 aliphatic carbocycles. The van der Waals surface area contributed by atoms with Crippen LogP contribution in [0.15, 0.2) is 53.3 Å². The number of thiazole rings is 1. The first kappa shape index (κ1) is 20.9. The molecule has 2 heterocycles. The molecular formula is C24H25N3O3S. The standard InChI is InChI=1S/C24H25N3O3S/c1-26-23(16-22(28)25-19-7-3-4-8-20(19)30-2)31-21(24(26)29)15-17-9-11-18(12-10-17)27-13-5-6-14-27/h3-4,7-12,15-16H,5-6,13-14H2,1-2H3,(H,25,28)/b21-15-,23-16-. The molecule has 1 aliphatic heterocycles. The maximum atomic E-state index is 12.7. The maximum absolute atomic E-state index is 12.7. The lowest BCUT2D eigenvalue weighted by Gasteiger charge is -2.17. The van der Waals surface area contributed by atoms with E-state index in [1.54, 1.807) is 26.3 Å². The molecule has 3 aromatic rings. The number of hydrogen-bond acceptors (Lipinski definition) is 5. The highest BCUT2D eigenvalue weighted by Gasteiger charge is 2.11. The molecule has 7 heteroatoms. The van der Waals surface area contributed by atoms with E-state index in [-0.39, 0.29) is 11.5 Å². The molecule has 0 spiro atoms. The molecule has 1 fully saturated rings. The zero-order chi connectivity index (χ0) is 21.8. The number of aromatic nitrogens is 1. The van der Waals surface area contributed by atoms with Crippen molar-refractivity contribution < 1.29 is 9.53 Å². The zero-order valence-electron chi connectivity index (χ0n) is 17.6. The van der Waals surface area contributed by atoms with Crippen LogP contribution in [0.5, 0.6) is 5.75 Å². The first-order chi connectivity index (χ1) is 15.0. The van der Waals surface area contributed by atoms with Gasteiger partial charge in [0.1, 0.15) is 10.4 Å². The molecular weight excluding hydrogens is 410 g/mol. The van der Waals surface area contributed by atoms with Crippen molar-refractivity contribution in [2.75, 3.05) is 30.4 Å². The van der Waals surface area contributed by atoms with Crippen LogP contribution in [0.25, 0.3) is 12.2 Å². The van der Waals surface area contributed by atoms with Crippen molar-refractivity contribution >= 4 is 40.8 Å². The van der Waals surface area contributed by atoms with Crippen molar-refractivity contribution in [2.24, 2.45) is 7.05 Å². The average molecular weight is 436 g/mol. The van der Waals surface area contributed by atoms with Gasteiger partial charge in [-0.25, -0.2) is 0 Å². The highest BCUT2D eigenvalue weighted by molar-refractivity contribution is 7.07. The number of nitrogens with zero attached hydrogens (tertiary/aromatic N) is 2. The van der Waals surface area contributed by atoms with Crippen molar-refractivity contribution in [3.63, 3.8) is 0 Å². The molecule has 6 nitrogen and oxygen atoms in total. The molecule has 0 bridgehead atoms. The van der Waals surface area contributed by atoms with Gasteiger partial charge in [-0.1, -0.05) is 24.3 Å². The summed E-state index contributed by atoms with van der Waals surface area (Å²) in [6.07, 6.45) is 5.79. The number of hydrogen-bond donors (Lipinski definition) is 1. The van der Waals surface area contributed by atoms with Gasteiger partial charge < -0.3 is 19.5 Å². The van der Waals surface area contributed by atoms with Crippen LogP contribution >= 0.6 is 11.3 Å². The van der Waals surface area contributed by atoms with E-state index in [0.717, 1.165) is 18.7 Å². The van der Waals surface area contributed by atoms with Gasteiger partial charge in [-0.15, -0.1) is 11.3 Å². The van der Waals surface area contributed by atoms with Crippen molar-refractivity contribution in [3.8, 4) is 5.75 Å². The predicted octanol–water partition coefficient (Wildman–Crippen LogP) is 2.30. The summed E-state index contributed by atoms with van der Waals surface area (Å²) in [5.74, 6) is 0.263. The largest absolute Gasteiger partial charge is 0.495 e. The Bertz CT molecular complexity index is 1250. The molecule has 1 aliphatic rings. The fourth-order valence-electron chi connectivity index (χ4n) is 3.64. The minimum Gasteiger partial charge on any atom is -0.495 e. The van der Waals surface area contributed by atoms with Crippen LogP contribution in [0.3, 0.4) is 0 Å². The molecule has 1 aromatic heterocycles.